The van der Waals surface area contributed by atoms with Gasteiger partial charge in [-0.25, -0.2) is 0 Å². The molecule has 0 amide bonds. The lowest BCUT2D eigenvalue weighted by Crippen LogP contribution is -2.11. The summed E-state index contributed by atoms with van der Waals surface area (Å²) in [5.74, 6) is 0. The van der Waals surface area contributed by atoms with Crippen molar-refractivity contribution in [2.75, 3.05) is 6.54 Å². The fourth-order valence-electron chi connectivity index (χ4n) is 0.995. The van der Waals surface area contributed by atoms with Crippen LogP contribution in [0.15, 0.2) is 29.2 Å². The Morgan fingerprint density at radius 3 is 2.12 bits per heavy atom. The number of hydrogen-bond donors (Lipinski definition) is 0. The maximum atomic E-state index is 12.2. The lowest BCUT2D eigenvalue weighted by molar-refractivity contribution is -0.376. The Morgan fingerprint density at radius 1 is 1.25 bits per heavy atom. The molecular weight excluding hydrogens is 243 g/mol. The molecule has 1 aromatic carbocycles. The van der Waals surface area contributed by atoms with E-state index in [0.29, 0.717) is 4.17 Å². The molecule has 1 atom stereocenters. The van der Waals surface area contributed by atoms with Crippen LogP contribution in [0.3, 0.4) is 0 Å². The Labute approximate surface area is 92.4 Å². The van der Waals surface area contributed by atoms with Crippen molar-refractivity contribution in [2.24, 2.45) is 0 Å². The van der Waals surface area contributed by atoms with Crippen LogP contribution >= 0.6 is 0 Å². The first-order valence-corrected chi connectivity index (χ1v) is 5.50. The van der Waals surface area contributed by atoms with Crippen LogP contribution < -0.4 is 0 Å². The molecule has 1 aromatic rings. The molecular formula is C9H9F3NO2S+. The second-order valence-corrected chi connectivity index (χ2v) is 4.30. The molecule has 0 saturated heterocycles. The molecule has 7 heteroatoms. The van der Waals surface area contributed by atoms with Crippen LogP contribution in [0.1, 0.15) is 12.5 Å². The van der Waals surface area contributed by atoms with Gasteiger partial charge in [0.1, 0.15) is 9.06 Å². The molecule has 0 radical (unpaired) electrons. The third-order valence-electron chi connectivity index (χ3n) is 1.83. The molecule has 16 heavy (non-hydrogen) atoms. The summed E-state index contributed by atoms with van der Waals surface area (Å²) in [6, 6.07) is 3.69. The van der Waals surface area contributed by atoms with E-state index in [4.69, 9.17) is 0 Å². The van der Waals surface area contributed by atoms with Crippen molar-refractivity contribution in [3.63, 3.8) is 0 Å². The van der Waals surface area contributed by atoms with Crippen molar-refractivity contribution in [3.8, 4) is 0 Å². The lowest BCUT2D eigenvalue weighted by Gasteiger charge is -2.05. The Bertz CT molecular complexity index is 414. The third-order valence-corrected chi connectivity index (χ3v) is 3.13. The van der Waals surface area contributed by atoms with Gasteiger partial charge in [-0.1, -0.05) is 0 Å². The normalized spacial score (nSPS) is 13.5. The monoisotopic (exact) mass is 252 g/mol. The highest BCUT2D eigenvalue weighted by Crippen LogP contribution is 2.29. The number of hydrogen-bond acceptors (Lipinski definition) is 2. The predicted octanol–water partition coefficient (Wildman–Crippen LogP) is 2.53. The molecule has 0 saturated carbocycles. The van der Waals surface area contributed by atoms with Crippen LogP contribution in [0.4, 0.5) is 13.2 Å². The summed E-state index contributed by atoms with van der Waals surface area (Å²) in [7, 11) is -1.95. The molecule has 0 aliphatic heterocycles. The van der Waals surface area contributed by atoms with Gasteiger partial charge in [-0.2, -0.15) is 17.4 Å². The first-order valence-electron chi connectivity index (χ1n) is 4.40. The minimum absolute atomic E-state index is 0.00757. The zero-order chi connectivity index (χ0) is 12.3. The molecule has 0 aliphatic carbocycles. The number of rotatable bonds is 3. The maximum Gasteiger partial charge on any atom is 0.416 e. The van der Waals surface area contributed by atoms with Crippen LogP contribution in [-0.2, 0) is 17.2 Å². The highest BCUT2D eigenvalue weighted by atomic mass is 32.2. The van der Waals surface area contributed by atoms with E-state index in [9.17, 15) is 22.3 Å². The summed E-state index contributed by atoms with van der Waals surface area (Å²) in [4.78, 5) is 11.0. The van der Waals surface area contributed by atoms with Gasteiger partial charge in [0.2, 0.25) is 6.54 Å². The van der Waals surface area contributed by atoms with E-state index in [2.05, 4.69) is 0 Å². The van der Waals surface area contributed by atoms with Crippen LogP contribution in [0.5, 0.6) is 0 Å². The van der Waals surface area contributed by atoms with E-state index in [1.54, 1.807) is 0 Å². The largest absolute Gasteiger partial charge is 0.416 e. The van der Waals surface area contributed by atoms with E-state index in [1.165, 1.54) is 6.92 Å². The summed E-state index contributed by atoms with van der Waals surface area (Å²) in [6.07, 6.45) is -4.43. The molecule has 0 heterocycles. The number of nitroso groups, excluding NO2 is 1. The van der Waals surface area contributed by atoms with Gasteiger partial charge in [0.15, 0.2) is 0 Å². The topological polar surface area (TPSA) is 37.1 Å². The quantitative estimate of drug-likeness (QED) is 0.775. The lowest BCUT2D eigenvalue weighted by atomic mass is 10.2. The van der Waals surface area contributed by atoms with E-state index in [1.807, 2.05) is 0 Å². The molecule has 88 valence electrons. The number of halogens is 3. The Morgan fingerprint density at radius 2 is 1.75 bits per heavy atom. The molecule has 0 N–H and O–H groups in total. The van der Waals surface area contributed by atoms with Crippen molar-refractivity contribution in [3.05, 3.63) is 34.7 Å². The standard InChI is InChI=1S/C9H9F3NO2S/c1-2-13(14)16(15)8-5-3-7(4-6-8)9(10,11)12/h3-6H,2H2,1H3/q+1. The van der Waals surface area contributed by atoms with Gasteiger partial charge < -0.3 is 0 Å². The van der Waals surface area contributed by atoms with Gasteiger partial charge in [0, 0.05) is 11.8 Å². The van der Waals surface area contributed by atoms with Gasteiger partial charge in [-0.15, -0.1) is 0 Å². The van der Waals surface area contributed by atoms with Crippen LogP contribution in [-0.4, -0.2) is 14.9 Å². The minimum Gasteiger partial charge on any atom is -0.177 e. The number of nitrogens with zero attached hydrogens (tertiary/aromatic N) is 1. The number of benzene rings is 1. The van der Waals surface area contributed by atoms with Crippen LogP contribution in [0.25, 0.3) is 0 Å². The molecule has 0 aromatic heterocycles. The summed E-state index contributed by atoms with van der Waals surface area (Å²) in [5.41, 5.74) is -0.831. The second-order valence-electron chi connectivity index (χ2n) is 2.92. The molecule has 0 spiro atoms. The van der Waals surface area contributed by atoms with Crippen molar-refractivity contribution in [1.82, 2.24) is 0 Å². The zero-order valence-corrected chi connectivity index (χ0v) is 9.14. The Balaban J connectivity index is 2.96. The maximum absolute atomic E-state index is 12.2. The fraction of sp³-hybridized carbons (Fsp3) is 0.333. The molecule has 0 fully saturated rings. The van der Waals surface area contributed by atoms with Gasteiger partial charge in [-0.3, -0.25) is 0 Å². The first kappa shape index (κ1) is 12.8. The van der Waals surface area contributed by atoms with Gasteiger partial charge in [0.25, 0.3) is 0 Å². The summed E-state index contributed by atoms with van der Waals surface area (Å²) >= 11 is 0. The van der Waals surface area contributed by atoms with Crippen LogP contribution in [0.2, 0.25) is 0 Å². The molecule has 0 aliphatic rings. The van der Waals surface area contributed by atoms with Gasteiger partial charge >= 0.3 is 17.2 Å². The van der Waals surface area contributed by atoms with E-state index in [-0.39, 0.29) is 11.4 Å². The average molecular weight is 252 g/mol. The molecule has 1 unspecified atom stereocenters. The molecule has 0 bridgehead atoms. The summed E-state index contributed by atoms with van der Waals surface area (Å²) in [6.45, 7) is 1.52. The molecule has 1 rings (SSSR count). The Kier molecular flexibility index (Phi) is 3.79. The van der Waals surface area contributed by atoms with Gasteiger partial charge in [-0.05, 0) is 24.3 Å². The summed E-state index contributed by atoms with van der Waals surface area (Å²) in [5, 5.41) is 0. The smallest absolute Gasteiger partial charge is 0.177 e. The second kappa shape index (κ2) is 4.73. The van der Waals surface area contributed by atoms with Crippen molar-refractivity contribution in [1.29, 1.82) is 0 Å². The van der Waals surface area contributed by atoms with E-state index >= 15 is 0 Å². The third kappa shape index (κ3) is 2.88. The van der Waals surface area contributed by atoms with Crippen molar-refractivity contribution >= 4 is 11.0 Å². The summed E-state index contributed by atoms with van der Waals surface area (Å²) < 4.78 is 48.3. The minimum atomic E-state index is -4.43. The SMILES string of the molecule is CC[N+](=O)S(=O)c1ccc(C(F)(F)F)cc1. The van der Waals surface area contributed by atoms with Crippen molar-refractivity contribution < 1.29 is 21.5 Å². The average Bonchev–Trinajstić information content (AvgIpc) is 2.26. The predicted molar refractivity (Wildman–Crippen MR) is 52.0 cm³/mol. The fourth-order valence-corrected chi connectivity index (χ4v) is 1.83. The Hall–Kier alpha value is -1.24. The zero-order valence-electron chi connectivity index (χ0n) is 8.32. The van der Waals surface area contributed by atoms with E-state index < -0.39 is 22.7 Å². The highest BCUT2D eigenvalue weighted by molar-refractivity contribution is 7.78. The van der Waals surface area contributed by atoms with E-state index in [0.717, 1.165) is 24.3 Å². The first-order chi connectivity index (χ1) is 7.36. The number of alkyl halides is 3. The van der Waals surface area contributed by atoms with Gasteiger partial charge in [0.05, 0.1) is 5.56 Å². The molecule has 3 nitrogen and oxygen atoms in total. The highest BCUT2D eigenvalue weighted by Gasteiger charge is 2.31. The van der Waals surface area contributed by atoms with Crippen LogP contribution in [0, 0.1) is 4.91 Å². The van der Waals surface area contributed by atoms with Crippen molar-refractivity contribution in [2.45, 2.75) is 18.0 Å².